The smallest absolute Gasteiger partial charge is 0.180 e. The summed E-state index contributed by atoms with van der Waals surface area (Å²) in [5.74, 6) is 0. The van der Waals surface area contributed by atoms with E-state index < -0.39 is 5.41 Å². The Kier molecular flexibility index (Phi) is 6.56. The highest BCUT2D eigenvalue weighted by Crippen LogP contribution is 2.46. The quantitative estimate of drug-likeness (QED) is 0.223. The van der Waals surface area contributed by atoms with Crippen LogP contribution in [0.3, 0.4) is 0 Å². The van der Waals surface area contributed by atoms with Gasteiger partial charge in [-0.3, -0.25) is 4.90 Å². The van der Waals surface area contributed by atoms with Gasteiger partial charge in [0.05, 0.1) is 17.2 Å². The Morgan fingerprint density at radius 3 is 2.00 bits per heavy atom. The maximum absolute atomic E-state index is 6.02. The van der Waals surface area contributed by atoms with E-state index in [4.69, 9.17) is 5.73 Å². The standard InChI is InChI=1S/C35H32N4S/c36-34-38-33(23-40-34)32-22-39(21-20-37-32)24-35(27-14-2-1-3-15-27,30-18-8-12-25-10-4-6-16-28(25)30)31-19-9-13-26-11-5-7-17-29(26)31/h1-19,23,32,37H,20-22,24H2,(H2,36,38). The zero-order chi connectivity index (χ0) is 26.9. The van der Waals surface area contributed by atoms with Gasteiger partial charge in [0.25, 0.3) is 0 Å². The highest BCUT2D eigenvalue weighted by molar-refractivity contribution is 7.13. The molecule has 0 spiro atoms. The number of thiazole rings is 1. The Labute approximate surface area is 239 Å². The maximum atomic E-state index is 6.02. The molecule has 0 amide bonds. The van der Waals surface area contributed by atoms with Gasteiger partial charge in [-0.05, 0) is 38.2 Å². The number of fused-ring (bicyclic) bond motifs is 2. The zero-order valence-electron chi connectivity index (χ0n) is 22.3. The van der Waals surface area contributed by atoms with Gasteiger partial charge in [-0.1, -0.05) is 115 Å². The lowest BCUT2D eigenvalue weighted by atomic mass is 9.66. The van der Waals surface area contributed by atoms with Crippen LogP contribution >= 0.6 is 11.3 Å². The predicted octanol–water partition coefficient (Wildman–Crippen LogP) is 7.01. The molecule has 5 aromatic carbocycles. The van der Waals surface area contributed by atoms with Crippen molar-refractivity contribution in [2.45, 2.75) is 11.5 Å². The van der Waals surface area contributed by atoms with Gasteiger partial charge in [0.2, 0.25) is 0 Å². The van der Waals surface area contributed by atoms with Crippen LogP contribution in [-0.4, -0.2) is 36.1 Å². The molecule has 1 saturated heterocycles. The summed E-state index contributed by atoms with van der Waals surface area (Å²) in [5.41, 5.74) is 10.6. The molecule has 2 heterocycles. The number of nitrogens with one attached hydrogen (secondary N) is 1. The van der Waals surface area contributed by atoms with E-state index in [9.17, 15) is 0 Å². The predicted molar refractivity (Wildman–Crippen MR) is 168 cm³/mol. The van der Waals surface area contributed by atoms with E-state index in [1.807, 2.05) is 0 Å². The molecule has 3 N–H and O–H groups in total. The minimum Gasteiger partial charge on any atom is -0.375 e. The van der Waals surface area contributed by atoms with Gasteiger partial charge in [0.1, 0.15) is 0 Å². The van der Waals surface area contributed by atoms with E-state index in [0.717, 1.165) is 31.9 Å². The molecule has 1 atom stereocenters. The van der Waals surface area contributed by atoms with Crippen molar-refractivity contribution in [1.82, 2.24) is 15.2 Å². The summed E-state index contributed by atoms with van der Waals surface area (Å²) < 4.78 is 0. The van der Waals surface area contributed by atoms with Crippen molar-refractivity contribution in [2.24, 2.45) is 0 Å². The number of nitrogens with zero attached hydrogens (tertiary/aromatic N) is 2. The second kappa shape index (κ2) is 10.5. The monoisotopic (exact) mass is 540 g/mol. The number of nitrogens with two attached hydrogens (primary N) is 1. The summed E-state index contributed by atoms with van der Waals surface area (Å²) in [5, 5.41) is 11.5. The lowest BCUT2D eigenvalue weighted by molar-refractivity contribution is 0.179. The van der Waals surface area contributed by atoms with Gasteiger partial charge in [-0.15, -0.1) is 11.3 Å². The van der Waals surface area contributed by atoms with Crippen LogP contribution in [0.25, 0.3) is 21.5 Å². The van der Waals surface area contributed by atoms with Gasteiger partial charge in [-0.25, -0.2) is 4.98 Å². The Morgan fingerprint density at radius 1 is 0.775 bits per heavy atom. The molecule has 4 nitrogen and oxygen atoms in total. The molecule has 1 aliphatic heterocycles. The fourth-order valence-electron chi connectivity index (χ4n) is 6.58. The number of hydrogen-bond donors (Lipinski definition) is 2. The molecular weight excluding hydrogens is 508 g/mol. The van der Waals surface area contributed by atoms with Crippen LogP contribution in [0.2, 0.25) is 0 Å². The fraction of sp³-hybridized carbons (Fsp3) is 0.171. The number of hydrogen-bond acceptors (Lipinski definition) is 5. The molecule has 1 unspecified atom stereocenters. The second-order valence-corrected chi connectivity index (χ2v) is 11.6. The Hall–Kier alpha value is -4.03. The first-order chi connectivity index (χ1) is 19.7. The summed E-state index contributed by atoms with van der Waals surface area (Å²) in [4.78, 5) is 7.25. The van der Waals surface area contributed by atoms with E-state index >= 15 is 0 Å². The van der Waals surface area contributed by atoms with Crippen molar-refractivity contribution >= 4 is 38.0 Å². The number of rotatable bonds is 6. The average Bonchev–Trinajstić information content (AvgIpc) is 3.46. The van der Waals surface area contributed by atoms with Crippen LogP contribution in [0.5, 0.6) is 0 Å². The molecule has 5 heteroatoms. The van der Waals surface area contributed by atoms with Crippen LogP contribution in [0.15, 0.2) is 121 Å². The minimum atomic E-state index is -0.411. The first-order valence-electron chi connectivity index (χ1n) is 13.9. The Bertz CT molecular complexity index is 1690. The largest absolute Gasteiger partial charge is 0.375 e. The van der Waals surface area contributed by atoms with Gasteiger partial charge in [0.15, 0.2) is 5.13 Å². The molecule has 0 bridgehead atoms. The summed E-state index contributed by atoms with van der Waals surface area (Å²) >= 11 is 1.51. The van der Waals surface area contributed by atoms with Crippen molar-refractivity contribution in [3.63, 3.8) is 0 Å². The van der Waals surface area contributed by atoms with Crippen LogP contribution in [-0.2, 0) is 5.41 Å². The maximum Gasteiger partial charge on any atom is 0.180 e. The highest BCUT2D eigenvalue weighted by atomic mass is 32.1. The van der Waals surface area contributed by atoms with Crippen LogP contribution in [0.4, 0.5) is 5.13 Å². The molecule has 1 aliphatic rings. The van der Waals surface area contributed by atoms with Crippen LogP contribution in [0.1, 0.15) is 28.4 Å². The highest BCUT2D eigenvalue weighted by Gasteiger charge is 2.41. The summed E-state index contributed by atoms with van der Waals surface area (Å²) in [7, 11) is 0. The third kappa shape index (κ3) is 4.37. The first-order valence-corrected chi connectivity index (χ1v) is 14.8. The lowest BCUT2D eigenvalue weighted by Crippen LogP contribution is -2.51. The average molecular weight is 541 g/mol. The number of piperazine rings is 1. The molecule has 40 heavy (non-hydrogen) atoms. The molecule has 1 aromatic heterocycles. The number of aromatic nitrogens is 1. The van der Waals surface area contributed by atoms with Crippen molar-refractivity contribution in [3.05, 3.63) is 143 Å². The molecule has 198 valence electrons. The van der Waals surface area contributed by atoms with Gasteiger partial charge < -0.3 is 11.1 Å². The summed E-state index contributed by atoms with van der Waals surface area (Å²) in [6.07, 6.45) is 0. The summed E-state index contributed by atoms with van der Waals surface area (Å²) in [6.45, 7) is 3.57. The van der Waals surface area contributed by atoms with Crippen LogP contribution < -0.4 is 11.1 Å². The third-order valence-corrected chi connectivity index (χ3v) is 9.07. The lowest BCUT2D eigenvalue weighted by Gasteiger charge is -2.44. The molecular formula is C35H32N4S. The Balaban J connectivity index is 1.48. The number of anilines is 1. The third-order valence-electron chi connectivity index (χ3n) is 8.38. The molecule has 0 radical (unpaired) electrons. The van der Waals surface area contributed by atoms with Gasteiger partial charge in [-0.2, -0.15) is 0 Å². The van der Waals surface area contributed by atoms with E-state index in [1.54, 1.807) is 0 Å². The van der Waals surface area contributed by atoms with Gasteiger partial charge in [0, 0.05) is 31.6 Å². The summed E-state index contributed by atoms with van der Waals surface area (Å²) in [6, 6.07) is 42.5. The van der Waals surface area contributed by atoms with Crippen LogP contribution in [0, 0.1) is 0 Å². The van der Waals surface area contributed by atoms with Crippen molar-refractivity contribution in [1.29, 1.82) is 0 Å². The SMILES string of the molecule is Nc1nc(C2CN(CC(c3ccccc3)(c3cccc4ccccc34)c3cccc4ccccc34)CCN2)cs1. The van der Waals surface area contributed by atoms with Crippen molar-refractivity contribution in [2.75, 3.05) is 31.9 Å². The van der Waals surface area contributed by atoms with E-state index in [2.05, 4.69) is 136 Å². The van der Waals surface area contributed by atoms with Crippen molar-refractivity contribution in [3.8, 4) is 0 Å². The number of benzene rings is 5. The Morgan fingerprint density at radius 2 is 1.38 bits per heavy atom. The normalized spacial score (nSPS) is 16.4. The minimum absolute atomic E-state index is 0.149. The first kappa shape index (κ1) is 25.0. The van der Waals surface area contributed by atoms with E-state index in [1.165, 1.54) is 49.6 Å². The zero-order valence-corrected chi connectivity index (χ0v) is 23.1. The fourth-order valence-corrected chi connectivity index (χ4v) is 7.20. The molecule has 7 rings (SSSR count). The number of nitrogen functional groups attached to an aromatic ring is 1. The topological polar surface area (TPSA) is 54.2 Å². The van der Waals surface area contributed by atoms with Crippen molar-refractivity contribution < 1.29 is 0 Å². The van der Waals surface area contributed by atoms with E-state index in [-0.39, 0.29) is 6.04 Å². The molecule has 0 saturated carbocycles. The molecule has 0 aliphatic carbocycles. The van der Waals surface area contributed by atoms with Gasteiger partial charge >= 0.3 is 0 Å². The molecule has 6 aromatic rings. The van der Waals surface area contributed by atoms with E-state index in [0.29, 0.717) is 5.13 Å². The second-order valence-electron chi connectivity index (χ2n) is 10.7. The molecule has 1 fully saturated rings.